The maximum atomic E-state index is 12.8. The standard InChI is InChI=1S/C30H32N4O4/c1-5-37-27-16-22(12-15-26(27)38-19-25-9-7-6-8-24(25)17-31)18-32-34-30(36)28(20(2)3)33-29(35)23-13-10-21(4)11-14-23/h6-16,18,20,28H,5,19H2,1-4H3,(H,33,35)(H,34,36). The number of rotatable bonds is 11. The van der Waals surface area contributed by atoms with Crippen LogP contribution in [0.3, 0.4) is 0 Å². The van der Waals surface area contributed by atoms with Crippen LogP contribution in [-0.2, 0) is 11.4 Å². The van der Waals surface area contributed by atoms with Crippen molar-refractivity contribution in [1.82, 2.24) is 10.7 Å². The zero-order chi connectivity index (χ0) is 27.5. The number of hydrogen-bond donors (Lipinski definition) is 2. The first-order valence-electron chi connectivity index (χ1n) is 12.4. The molecule has 1 unspecified atom stereocenters. The molecule has 1 atom stereocenters. The lowest BCUT2D eigenvalue weighted by atomic mass is 10.0. The van der Waals surface area contributed by atoms with E-state index in [1.807, 2.05) is 58.0 Å². The monoisotopic (exact) mass is 512 g/mol. The minimum Gasteiger partial charge on any atom is -0.490 e. The number of carbonyl (C=O) groups is 2. The first kappa shape index (κ1) is 27.9. The molecular weight excluding hydrogens is 480 g/mol. The third-order valence-corrected chi connectivity index (χ3v) is 5.73. The Bertz CT molecular complexity index is 1330. The first-order chi connectivity index (χ1) is 18.3. The molecule has 0 spiro atoms. The highest BCUT2D eigenvalue weighted by molar-refractivity contribution is 5.97. The average molecular weight is 513 g/mol. The van der Waals surface area contributed by atoms with Gasteiger partial charge in [-0.05, 0) is 61.7 Å². The van der Waals surface area contributed by atoms with Crippen LogP contribution in [0.1, 0.15) is 53.4 Å². The second-order valence-electron chi connectivity index (χ2n) is 8.99. The van der Waals surface area contributed by atoms with Crippen molar-refractivity contribution in [3.8, 4) is 17.6 Å². The molecule has 3 rings (SSSR count). The molecule has 0 radical (unpaired) electrons. The number of nitriles is 1. The minimum absolute atomic E-state index is 0.147. The molecule has 0 aliphatic carbocycles. The minimum atomic E-state index is -0.757. The lowest BCUT2D eigenvalue weighted by molar-refractivity contribution is -0.123. The van der Waals surface area contributed by atoms with Gasteiger partial charge in [0.05, 0.1) is 24.5 Å². The number of benzene rings is 3. The highest BCUT2D eigenvalue weighted by atomic mass is 16.5. The van der Waals surface area contributed by atoms with Crippen molar-refractivity contribution < 1.29 is 19.1 Å². The Morgan fingerprint density at radius 2 is 1.76 bits per heavy atom. The average Bonchev–Trinajstić information content (AvgIpc) is 2.91. The van der Waals surface area contributed by atoms with Crippen LogP contribution in [-0.4, -0.2) is 30.7 Å². The van der Waals surface area contributed by atoms with Crippen LogP contribution in [0.2, 0.25) is 0 Å². The summed E-state index contributed by atoms with van der Waals surface area (Å²) in [5, 5.41) is 16.1. The number of amides is 2. The van der Waals surface area contributed by atoms with Gasteiger partial charge in [0.1, 0.15) is 12.6 Å². The molecular formula is C30H32N4O4. The molecule has 0 aliphatic heterocycles. The van der Waals surface area contributed by atoms with Crippen LogP contribution in [0.15, 0.2) is 71.8 Å². The smallest absolute Gasteiger partial charge is 0.262 e. The number of aryl methyl sites for hydroxylation is 1. The van der Waals surface area contributed by atoms with Crippen LogP contribution in [0, 0.1) is 24.2 Å². The highest BCUT2D eigenvalue weighted by Crippen LogP contribution is 2.29. The maximum absolute atomic E-state index is 12.8. The summed E-state index contributed by atoms with van der Waals surface area (Å²) < 4.78 is 11.6. The summed E-state index contributed by atoms with van der Waals surface area (Å²) >= 11 is 0. The molecule has 0 saturated heterocycles. The topological polar surface area (TPSA) is 113 Å². The third-order valence-electron chi connectivity index (χ3n) is 5.73. The first-order valence-corrected chi connectivity index (χ1v) is 12.4. The maximum Gasteiger partial charge on any atom is 0.262 e. The van der Waals surface area contributed by atoms with E-state index in [1.165, 1.54) is 6.21 Å². The molecule has 3 aromatic carbocycles. The van der Waals surface area contributed by atoms with Crippen molar-refractivity contribution in [2.45, 2.75) is 40.3 Å². The van der Waals surface area contributed by atoms with E-state index in [4.69, 9.17) is 9.47 Å². The zero-order valence-corrected chi connectivity index (χ0v) is 22.0. The molecule has 0 aromatic heterocycles. The van der Waals surface area contributed by atoms with Gasteiger partial charge in [-0.25, -0.2) is 5.43 Å². The van der Waals surface area contributed by atoms with E-state index >= 15 is 0 Å². The summed E-state index contributed by atoms with van der Waals surface area (Å²) in [4.78, 5) is 25.4. The molecule has 2 amide bonds. The van der Waals surface area contributed by atoms with E-state index in [2.05, 4.69) is 21.9 Å². The van der Waals surface area contributed by atoms with E-state index in [-0.39, 0.29) is 18.4 Å². The fourth-order valence-corrected chi connectivity index (χ4v) is 3.61. The van der Waals surface area contributed by atoms with Crippen LogP contribution < -0.4 is 20.2 Å². The van der Waals surface area contributed by atoms with E-state index in [1.54, 1.807) is 36.4 Å². The SMILES string of the molecule is CCOc1cc(C=NNC(=O)C(NC(=O)c2ccc(C)cc2)C(C)C)ccc1OCc1ccccc1C#N. The summed E-state index contributed by atoms with van der Waals surface area (Å²) in [6.07, 6.45) is 1.49. The Balaban J connectivity index is 1.65. The summed E-state index contributed by atoms with van der Waals surface area (Å²) in [7, 11) is 0. The third kappa shape index (κ3) is 7.68. The van der Waals surface area contributed by atoms with E-state index < -0.39 is 11.9 Å². The van der Waals surface area contributed by atoms with Crippen LogP contribution in [0.25, 0.3) is 0 Å². The molecule has 8 heteroatoms. The Labute approximate surface area is 223 Å². The van der Waals surface area contributed by atoms with Crippen LogP contribution in [0.4, 0.5) is 0 Å². The zero-order valence-electron chi connectivity index (χ0n) is 22.0. The van der Waals surface area contributed by atoms with Gasteiger partial charge in [-0.1, -0.05) is 49.7 Å². The van der Waals surface area contributed by atoms with Gasteiger partial charge >= 0.3 is 0 Å². The summed E-state index contributed by atoms with van der Waals surface area (Å²) in [6.45, 7) is 8.17. The molecule has 38 heavy (non-hydrogen) atoms. The molecule has 0 heterocycles. The number of ether oxygens (including phenoxy) is 2. The Morgan fingerprint density at radius 1 is 1.03 bits per heavy atom. The van der Waals surface area contributed by atoms with Crippen molar-refractivity contribution in [3.63, 3.8) is 0 Å². The quantitative estimate of drug-likeness (QED) is 0.284. The number of carbonyl (C=O) groups excluding carboxylic acids is 2. The summed E-state index contributed by atoms with van der Waals surface area (Å²) in [5.74, 6) is 0.156. The van der Waals surface area contributed by atoms with E-state index in [0.717, 1.165) is 11.1 Å². The second-order valence-corrected chi connectivity index (χ2v) is 8.99. The fourth-order valence-electron chi connectivity index (χ4n) is 3.61. The molecule has 0 aliphatic rings. The molecule has 196 valence electrons. The summed E-state index contributed by atoms with van der Waals surface area (Å²) in [5.41, 5.74) is 6.07. The van der Waals surface area contributed by atoms with Gasteiger partial charge in [0, 0.05) is 11.1 Å². The van der Waals surface area contributed by atoms with Crippen molar-refractivity contribution in [1.29, 1.82) is 5.26 Å². The molecule has 2 N–H and O–H groups in total. The number of hydrogen-bond acceptors (Lipinski definition) is 6. The van der Waals surface area contributed by atoms with Crippen LogP contribution in [0.5, 0.6) is 11.5 Å². The van der Waals surface area contributed by atoms with Gasteiger partial charge in [-0.3, -0.25) is 9.59 Å². The number of nitrogens with one attached hydrogen (secondary N) is 2. The predicted molar refractivity (Wildman–Crippen MR) is 146 cm³/mol. The lowest BCUT2D eigenvalue weighted by Gasteiger charge is -2.20. The van der Waals surface area contributed by atoms with Crippen molar-refractivity contribution in [2.75, 3.05) is 6.61 Å². The Hall–Kier alpha value is -4.64. The fraction of sp³-hybridized carbons (Fsp3) is 0.267. The van der Waals surface area contributed by atoms with Gasteiger partial charge < -0.3 is 14.8 Å². The second kappa shape index (κ2) is 13.6. The van der Waals surface area contributed by atoms with E-state index in [9.17, 15) is 14.9 Å². The largest absolute Gasteiger partial charge is 0.490 e. The lowest BCUT2D eigenvalue weighted by Crippen LogP contribution is -2.48. The van der Waals surface area contributed by atoms with E-state index in [0.29, 0.717) is 34.8 Å². The highest BCUT2D eigenvalue weighted by Gasteiger charge is 2.24. The van der Waals surface area contributed by atoms with Gasteiger partial charge in [0.25, 0.3) is 11.8 Å². The van der Waals surface area contributed by atoms with Gasteiger partial charge in [-0.2, -0.15) is 10.4 Å². The van der Waals surface area contributed by atoms with Crippen LogP contribution >= 0.6 is 0 Å². The number of hydrazone groups is 1. The Kier molecular flexibility index (Phi) is 10.0. The van der Waals surface area contributed by atoms with Gasteiger partial charge in [0.15, 0.2) is 11.5 Å². The van der Waals surface area contributed by atoms with Crippen molar-refractivity contribution in [3.05, 3.63) is 94.5 Å². The molecule has 3 aromatic rings. The molecule has 0 fully saturated rings. The van der Waals surface area contributed by atoms with Gasteiger partial charge in [0.2, 0.25) is 0 Å². The van der Waals surface area contributed by atoms with Gasteiger partial charge in [-0.15, -0.1) is 0 Å². The Morgan fingerprint density at radius 3 is 2.45 bits per heavy atom. The summed E-state index contributed by atoms with van der Waals surface area (Å²) in [6, 6.07) is 21.1. The van der Waals surface area contributed by atoms with Crippen molar-refractivity contribution >= 4 is 18.0 Å². The predicted octanol–water partition coefficient (Wildman–Crippen LogP) is 4.75. The molecule has 0 saturated carbocycles. The molecule has 0 bridgehead atoms. The molecule has 8 nitrogen and oxygen atoms in total. The normalized spacial score (nSPS) is 11.6. The number of nitrogens with zero attached hydrogens (tertiary/aromatic N) is 2. The van der Waals surface area contributed by atoms with Crippen molar-refractivity contribution in [2.24, 2.45) is 11.0 Å².